The molecule has 2 rings (SSSR count). The number of hydrogen-bond donors (Lipinski definition) is 1. The zero-order chi connectivity index (χ0) is 9.15. The van der Waals surface area contributed by atoms with Gasteiger partial charge in [-0.25, -0.2) is 4.98 Å². The van der Waals surface area contributed by atoms with Gasteiger partial charge in [-0.2, -0.15) is 11.8 Å². The molecule has 1 saturated heterocycles. The molecule has 1 aromatic rings. The highest BCUT2D eigenvalue weighted by molar-refractivity contribution is 8.00. The Morgan fingerprint density at radius 1 is 1.69 bits per heavy atom. The summed E-state index contributed by atoms with van der Waals surface area (Å²) in [5, 5.41) is 6.45. The lowest BCUT2D eigenvalue weighted by atomic mass is 10.1. The van der Waals surface area contributed by atoms with Gasteiger partial charge in [-0.3, -0.25) is 0 Å². The van der Waals surface area contributed by atoms with Gasteiger partial charge >= 0.3 is 0 Å². The number of thioether (sulfide) groups is 1. The molecule has 0 radical (unpaired) electrons. The van der Waals surface area contributed by atoms with Crippen molar-refractivity contribution in [1.82, 2.24) is 4.98 Å². The summed E-state index contributed by atoms with van der Waals surface area (Å²) in [6, 6.07) is 0. The van der Waals surface area contributed by atoms with Gasteiger partial charge in [-0.15, -0.1) is 11.3 Å². The second-order valence-corrected chi connectivity index (χ2v) is 6.17. The van der Waals surface area contributed by atoms with Crippen molar-refractivity contribution in [3.8, 4) is 0 Å². The molecule has 1 unspecified atom stereocenters. The largest absolute Gasteiger partial charge is 0.360 e. The van der Waals surface area contributed by atoms with Crippen molar-refractivity contribution in [2.75, 3.05) is 17.6 Å². The van der Waals surface area contributed by atoms with E-state index in [0.717, 1.165) is 11.7 Å². The molecule has 0 aliphatic carbocycles. The van der Waals surface area contributed by atoms with Gasteiger partial charge in [0, 0.05) is 22.9 Å². The monoisotopic (exact) mass is 214 g/mol. The molecular weight excluding hydrogens is 200 g/mol. The van der Waals surface area contributed by atoms with Gasteiger partial charge in [0.1, 0.15) is 0 Å². The Hall–Kier alpha value is -0.220. The van der Waals surface area contributed by atoms with Crippen molar-refractivity contribution >= 4 is 28.2 Å². The smallest absolute Gasteiger partial charge is 0.182 e. The van der Waals surface area contributed by atoms with Crippen molar-refractivity contribution < 1.29 is 0 Å². The van der Waals surface area contributed by atoms with Gasteiger partial charge < -0.3 is 5.32 Å². The minimum atomic E-state index is 0.436. The van der Waals surface area contributed by atoms with Gasteiger partial charge in [0.05, 0.1) is 0 Å². The first-order valence-electron chi connectivity index (χ1n) is 4.56. The van der Waals surface area contributed by atoms with E-state index < -0.39 is 0 Å². The van der Waals surface area contributed by atoms with Crippen LogP contribution in [0.25, 0.3) is 0 Å². The van der Waals surface area contributed by atoms with Crippen LogP contribution in [-0.2, 0) is 0 Å². The molecule has 72 valence electrons. The highest BCUT2D eigenvalue weighted by atomic mass is 32.2. The highest BCUT2D eigenvalue weighted by Gasteiger charge is 2.29. The summed E-state index contributed by atoms with van der Waals surface area (Å²) in [6.07, 6.45) is 4.54. The Labute approximate surface area is 87.1 Å². The van der Waals surface area contributed by atoms with Crippen LogP contribution in [0.1, 0.15) is 19.8 Å². The van der Waals surface area contributed by atoms with Crippen LogP contribution in [0.15, 0.2) is 11.6 Å². The molecule has 4 heteroatoms. The van der Waals surface area contributed by atoms with E-state index in [1.165, 1.54) is 18.6 Å². The van der Waals surface area contributed by atoms with Crippen LogP contribution in [-0.4, -0.2) is 22.0 Å². The Balaban J connectivity index is 1.85. The zero-order valence-electron chi connectivity index (χ0n) is 7.75. The Morgan fingerprint density at radius 3 is 3.23 bits per heavy atom. The molecular formula is C9H14N2S2. The van der Waals surface area contributed by atoms with Crippen LogP contribution in [0.4, 0.5) is 5.13 Å². The van der Waals surface area contributed by atoms with Crippen molar-refractivity contribution in [2.45, 2.75) is 24.5 Å². The molecule has 1 atom stereocenters. The lowest BCUT2D eigenvalue weighted by molar-refractivity contribution is 0.634. The summed E-state index contributed by atoms with van der Waals surface area (Å²) in [5.74, 6) is 1.32. The molecule has 0 saturated carbocycles. The minimum Gasteiger partial charge on any atom is -0.360 e. The third-order valence-electron chi connectivity index (χ3n) is 2.35. The minimum absolute atomic E-state index is 0.436. The quantitative estimate of drug-likeness (QED) is 0.837. The molecule has 1 aromatic heterocycles. The zero-order valence-corrected chi connectivity index (χ0v) is 9.38. The van der Waals surface area contributed by atoms with Crippen molar-refractivity contribution in [3.63, 3.8) is 0 Å². The summed E-state index contributed by atoms with van der Waals surface area (Å²) in [7, 11) is 0. The summed E-state index contributed by atoms with van der Waals surface area (Å²) >= 11 is 3.75. The van der Waals surface area contributed by atoms with Crippen LogP contribution in [0, 0.1) is 0 Å². The van der Waals surface area contributed by atoms with E-state index in [1.54, 1.807) is 11.3 Å². The number of hydrogen-bond acceptors (Lipinski definition) is 4. The van der Waals surface area contributed by atoms with Crippen LogP contribution >= 0.6 is 23.1 Å². The molecule has 2 nitrogen and oxygen atoms in total. The predicted octanol–water partition coefficient (Wildman–Crippen LogP) is 2.84. The van der Waals surface area contributed by atoms with E-state index in [-0.39, 0.29) is 0 Å². The SMILES string of the molecule is CC1(CNc2nccs2)CCCS1. The topological polar surface area (TPSA) is 24.9 Å². The van der Waals surface area contributed by atoms with Crippen LogP contribution in [0.3, 0.4) is 0 Å². The molecule has 0 amide bonds. The first kappa shape index (κ1) is 9.34. The molecule has 1 aliphatic rings. The second-order valence-electron chi connectivity index (χ2n) is 3.59. The highest BCUT2D eigenvalue weighted by Crippen LogP contribution is 2.37. The van der Waals surface area contributed by atoms with Gasteiger partial charge in [-0.1, -0.05) is 0 Å². The Bertz CT molecular complexity index is 253. The maximum atomic E-state index is 4.21. The van der Waals surface area contributed by atoms with Gasteiger partial charge in [0.15, 0.2) is 5.13 Å². The number of rotatable bonds is 3. The normalized spacial score (nSPS) is 27.8. The number of thiazole rings is 1. The van der Waals surface area contributed by atoms with E-state index in [4.69, 9.17) is 0 Å². The van der Waals surface area contributed by atoms with Crippen LogP contribution < -0.4 is 5.32 Å². The van der Waals surface area contributed by atoms with E-state index in [2.05, 4.69) is 29.0 Å². The maximum Gasteiger partial charge on any atom is 0.182 e. The third kappa shape index (κ3) is 2.38. The number of nitrogens with one attached hydrogen (secondary N) is 1. The third-order valence-corrected chi connectivity index (χ3v) is 4.62. The Kier molecular flexibility index (Phi) is 2.79. The summed E-state index contributed by atoms with van der Waals surface area (Å²) in [5.41, 5.74) is 0. The lowest BCUT2D eigenvalue weighted by Crippen LogP contribution is -2.26. The second kappa shape index (κ2) is 3.88. The standard InChI is InChI=1S/C9H14N2S2/c1-9(3-2-5-13-9)7-11-8-10-4-6-12-8/h4,6H,2-3,5,7H2,1H3,(H,10,11). The first-order chi connectivity index (χ1) is 6.29. The molecule has 0 spiro atoms. The van der Waals surface area contributed by atoms with Crippen LogP contribution in [0.2, 0.25) is 0 Å². The molecule has 13 heavy (non-hydrogen) atoms. The van der Waals surface area contributed by atoms with Crippen molar-refractivity contribution in [2.24, 2.45) is 0 Å². The number of nitrogens with zero attached hydrogens (tertiary/aromatic N) is 1. The molecule has 2 heterocycles. The first-order valence-corrected chi connectivity index (χ1v) is 6.42. The maximum absolute atomic E-state index is 4.21. The molecule has 0 bridgehead atoms. The Morgan fingerprint density at radius 2 is 2.62 bits per heavy atom. The summed E-state index contributed by atoms with van der Waals surface area (Å²) in [6.45, 7) is 3.39. The average Bonchev–Trinajstić information content (AvgIpc) is 2.72. The number of anilines is 1. The van der Waals surface area contributed by atoms with Gasteiger partial charge in [0.25, 0.3) is 0 Å². The fourth-order valence-electron chi connectivity index (χ4n) is 1.55. The predicted molar refractivity (Wildman–Crippen MR) is 60.7 cm³/mol. The van der Waals surface area contributed by atoms with Crippen molar-refractivity contribution in [1.29, 1.82) is 0 Å². The molecule has 0 aromatic carbocycles. The molecule has 1 fully saturated rings. The van der Waals surface area contributed by atoms with Gasteiger partial charge in [0.2, 0.25) is 0 Å². The van der Waals surface area contributed by atoms with E-state index in [9.17, 15) is 0 Å². The van der Waals surface area contributed by atoms with Crippen molar-refractivity contribution in [3.05, 3.63) is 11.6 Å². The lowest BCUT2D eigenvalue weighted by Gasteiger charge is -2.22. The summed E-state index contributed by atoms with van der Waals surface area (Å²) in [4.78, 5) is 4.21. The van der Waals surface area contributed by atoms with Gasteiger partial charge in [-0.05, 0) is 25.5 Å². The van der Waals surface area contributed by atoms with E-state index >= 15 is 0 Å². The molecule has 1 N–H and O–H groups in total. The van der Waals surface area contributed by atoms with E-state index in [1.807, 2.05) is 11.6 Å². The van der Waals surface area contributed by atoms with E-state index in [0.29, 0.717) is 4.75 Å². The summed E-state index contributed by atoms with van der Waals surface area (Å²) < 4.78 is 0.436. The fraction of sp³-hybridized carbons (Fsp3) is 0.667. The van der Waals surface area contributed by atoms with Crippen LogP contribution in [0.5, 0.6) is 0 Å². The fourth-order valence-corrected chi connectivity index (χ4v) is 3.32. The number of aromatic nitrogens is 1. The average molecular weight is 214 g/mol. The molecule has 1 aliphatic heterocycles.